The lowest BCUT2D eigenvalue weighted by atomic mass is 9.86. The second-order valence-electron chi connectivity index (χ2n) is 3.50. The lowest BCUT2D eigenvalue weighted by molar-refractivity contribution is 0.0468. The molecule has 1 N–H and O–H groups in total. The van der Waals surface area contributed by atoms with E-state index in [0.29, 0.717) is 5.92 Å². The first-order chi connectivity index (χ1) is 4.57. The second kappa shape index (κ2) is 2.39. The molecule has 2 unspecified atom stereocenters. The van der Waals surface area contributed by atoms with Crippen molar-refractivity contribution in [1.82, 2.24) is 0 Å². The Morgan fingerprint density at radius 3 is 2.50 bits per heavy atom. The highest BCUT2D eigenvalue weighted by Crippen LogP contribution is 2.39. The third-order valence-electron chi connectivity index (χ3n) is 2.75. The quantitative estimate of drug-likeness (QED) is 0.553. The predicted octanol–water partition coefficient (Wildman–Crippen LogP) is 2.11. The first kappa shape index (κ1) is 7.80. The van der Waals surface area contributed by atoms with Crippen molar-refractivity contribution in [1.29, 1.82) is 0 Å². The van der Waals surface area contributed by atoms with Gasteiger partial charge >= 0.3 is 0 Å². The van der Waals surface area contributed by atoms with Gasteiger partial charge in [-0.15, -0.1) is 0 Å². The molecule has 1 saturated carbocycles. The largest absolute Gasteiger partial charge is 0.385 e. The van der Waals surface area contributed by atoms with Gasteiger partial charge in [0.2, 0.25) is 0 Å². The summed E-state index contributed by atoms with van der Waals surface area (Å²) < 4.78 is 0. The molecule has 0 amide bonds. The van der Waals surface area contributed by atoms with Gasteiger partial charge in [-0.25, -0.2) is 0 Å². The maximum absolute atomic E-state index is 9.94. The van der Waals surface area contributed by atoms with E-state index >= 15 is 0 Å². The normalized spacial score (nSPS) is 40.1. The molecule has 10 heavy (non-hydrogen) atoms. The molecule has 0 aromatic rings. The van der Waals surface area contributed by atoms with Crippen LogP contribution in [0.1, 0.15) is 33.1 Å². The molecule has 0 aliphatic heterocycles. The van der Waals surface area contributed by atoms with E-state index in [4.69, 9.17) is 0 Å². The predicted molar refractivity (Wildman–Crippen MR) is 42.8 cm³/mol. The Morgan fingerprint density at radius 2 is 2.30 bits per heavy atom. The molecule has 1 fully saturated rings. The molecular weight excluding hydrogens is 124 g/mol. The zero-order chi connectivity index (χ0) is 7.78. The zero-order valence-electron chi connectivity index (χ0n) is 6.85. The molecule has 0 aromatic heterocycles. The van der Waals surface area contributed by atoms with E-state index in [1.807, 2.05) is 6.92 Å². The first-order valence-corrected chi connectivity index (χ1v) is 3.95. The molecule has 1 aliphatic rings. The van der Waals surface area contributed by atoms with Gasteiger partial charge in [-0.3, -0.25) is 0 Å². The maximum Gasteiger partial charge on any atom is 0.0876 e. The van der Waals surface area contributed by atoms with E-state index in [1.165, 1.54) is 0 Å². The van der Waals surface area contributed by atoms with Crippen LogP contribution in [0.15, 0.2) is 12.2 Å². The Bertz CT molecular complexity index is 151. The van der Waals surface area contributed by atoms with Crippen LogP contribution in [0.5, 0.6) is 0 Å². The lowest BCUT2D eigenvalue weighted by Gasteiger charge is -2.27. The summed E-state index contributed by atoms with van der Waals surface area (Å²) in [4.78, 5) is 0. The molecule has 0 radical (unpaired) electrons. The van der Waals surface area contributed by atoms with E-state index in [9.17, 15) is 5.11 Å². The van der Waals surface area contributed by atoms with Crippen LogP contribution in [0, 0.1) is 5.92 Å². The molecule has 0 bridgehead atoms. The van der Waals surface area contributed by atoms with Gasteiger partial charge < -0.3 is 5.11 Å². The highest BCUT2D eigenvalue weighted by molar-refractivity contribution is 5.13. The van der Waals surface area contributed by atoms with Crippen molar-refractivity contribution in [3.63, 3.8) is 0 Å². The van der Waals surface area contributed by atoms with Crippen LogP contribution < -0.4 is 0 Å². The lowest BCUT2D eigenvalue weighted by Crippen LogP contribution is -2.32. The highest BCUT2D eigenvalue weighted by atomic mass is 16.3. The fourth-order valence-electron chi connectivity index (χ4n) is 1.80. The summed E-state index contributed by atoms with van der Waals surface area (Å²) in [5, 5.41) is 9.94. The minimum absolute atomic E-state index is 0.407. The fourth-order valence-corrected chi connectivity index (χ4v) is 1.80. The van der Waals surface area contributed by atoms with Gasteiger partial charge in [-0.2, -0.15) is 0 Å². The van der Waals surface area contributed by atoms with E-state index in [0.717, 1.165) is 24.8 Å². The van der Waals surface area contributed by atoms with Crippen LogP contribution in [0.3, 0.4) is 0 Å². The Labute approximate surface area is 62.8 Å². The number of hydrogen-bond donors (Lipinski definition) is 1. The highest BCUT2D eigenvalue weighted by Gasteiger charge is 2.38. The van der Waals surface area contributed by atoms with Gasteiger partial charge in [0.05, 0.1) is 5.60 Å². The topological polar surface area (TPSA) is 20.2 Å². The summed E-state index contributed by atoms with van der Waals surface area (Å²) in [5.41, 5.74) is 0.387. The van der Waals surface area contributed by atoms with Crippen molar-refractivity contribution >= 4 is 0 Å². The van der Waals surface area contributed by atoms with Gasteiger partial charge in [0, 0.05) is 0 Å². The van der Waals surface area contributed by atoms with Crippen LogP contribution in [-0.4, -0.2) is 10.7 Å². The monoisotopic (exact) mass is 140 g/mol. The van der Waals surface area contributed by atoms with Crippen molar-refractivity contribution in [2.75, 3.05) is 0 Å². The molecule has 1 nitrogen and oxygen atoms in total. The third kappa shape index (κ3) is 0.988. The first-order valence-electron chi connectivity index (χ1n) is 3.95. The molecule has 1 rings (SSSR count). The molecule has 0 heterocycles. The third-order valence-corrected chi connectivity index (χ3v) is 2.75. The van der Waals surface area contributed by atoms with E-state index in [1.54, 1.807) is 0 Å². The maximum atomic E-state index is 9.94. The van der Waals surface area contributed by atoms with Crippen molar-refractivity contribution in [2.45, 2.75) is 38.7 Å². The van der Waals surface area contributed by atoms with Crippen LogP contribution in [0.2, 0.25) is 0 Å². The Kier molecular flexibility index (Phi) is 1.86. The van der Waals surface area contributed by atoms with Gasteiger partial charge in [0.15, 0.2) is 0 Å². The average Bonchev–Trinajstić information content (AvgIpc) is 2.15. The molecule has 1 heteroatoms. The van der Waals surface area contributed by atoms with Gasteiger partial charge in [0.1, 0.15) is 0 Å². The van der Waals surface area contributed by atoms with Crippen molar-refractivity contribution in [3.05, 3.63) is 12.2 Å². The molecule has 2 atom stereocenters. The number of hydrogen-bond acceptors (Lipinski definition) is 1. The summed E-state index contributed by atoms with van der Waals surface area (Å²) in [6.07, 6.45) is 3.19. The molecule has 58 valence electrons. The van der Waals surface area contributed by atoms with E-state index in [2.05, 4.69) is 13.5 Å². The second-order valence-corrected chi connectivity index (χ2v) is 3.50. The molecule has 0 aromatic carbocycles. The molecule has 0 saturated heterocycles. The summed E-state index contributed by atoms with van der Waals surface area (Å²) in [6, 6.07) is 0. The van der Waals surface area contributed by atoms with Gasteiger partial charge in [-0.05, 0) is 37.7 Å². The van der Waals surface area contributed by atoms with Crippen LogP contribution in [0.4, 0.5) is 0 Å². The fraction of sp³-hybridized carbons (Fsp3) is 0.778. The summed E-state index contributed by atoms with van der Waals surface area (Å²) in [5.74, 6) is 0.407. The van der Waals surface area contributed by atoms with Gasteiger partial charge in [0.25, 0.3) is 0 Å². The molecule has 0 spiro atoms. The molecular formula is C9H16O. The van der Waals surface area contributed by atoms with Crippen molar-refractivity contribution < 1.29 is 5.11 Å². The summed E-state index contributed by atoms with van der Waals surface area (Å²) >= 11 is 0. The summed E-state index contributed by atoms with van der Waals surface area (Å²) in [7, 11) is 0. The SMILES string of the molecule is C=C(C)C1(O)CCCC1C. The van der Waals surface area contributed by atoms with Crippen molar-refractivity contribution in [3.8, 4) is 0 Å². The van der Waals surface area contributed by atoms with Crippen LogP contribution in [-0.2, 0) is 0 Å². The van der Waals surface area contributed by atoms with Crippen molar-refractivity contribution in [2.24, 2.45) is 5.92 Å². The van der Waals surface area contributed by atoms with Crippen LogP contribution >= 0.6 is 0 Å². The Hall–Kier alpha value is -0.300. The zero-order valence-corrected chi connectivity index (χ0v) is 6.85. The average molecular weight is 140 g/mol. The number of rotatable bonds is 1. The van der Waals surface area contributed by atoms with E-state index in [-0.39, 0.29) is 0 Å². The number of aliphatic hydroxyl groups is 1. The van der Waals surface area contributed by atoms with E-state index < -0.39 is 5.60 Å². The minimum atomic E-state index is -0.542. The smallest absolute Gasteiger partial charge is 0.0876 e. The standard InChI is InChI=1S/C9H16O/c1-7(2)9(10)6-4-5-8(9)3/h8,10H,1,4-6H2,2-3H3. The molecule has 1 aliphatic carbocycles. The van der Waals surface area contributed by atoms with Crippen LogP contribution in [0.25, 0.3) is 0 Å². The Morgan fingerprint density at radius 1 is 1.70 bits per heavy atom. The van der Waals surface area contributed by atoms with Gasteiger partial charge in [-0.1, -0.05) is 13.5 Å². The minimum Gasteiger partial charge on any atom is -0.385 e. The summed E-state index contributed by atoms with van der Waals surface area (Å²) in [6.45, 7) is 7.83. The Balaban J connectivity index is 2.75.